The van der Waals surface area contributed by atoms with Gasteiger partial charge in [0.15, 0.2) is 0 Å². The lowest BCUT2D eigenvalue weighted by Gasteiger charge is -2.32. The van der Waals surface area contributed by atoms with Gasteiger partial charge in [-0.2, -0.15) is 0 Å². The van der Waals surface area contributed by atoms with Crippen LogP contribution in [0, 0.1) is 6.92 Å². The van der Waals surface area contributed by atoms with Crippen molar-refractivity contribution in [2.75, 3.05) is 13.2 Å². The van der Waals surface area contributed by atoms with Gasteiger partial charge in [-0.05, 0) is 72.4 Å². The number of fused-ring (bicyclic) bond motifs is 1. The molecular formula is C33H41ClO5. The Bertz CT molecular complexity index is 1230. The first-order valence-electron chi connectivity index (χ1n) is 13.9. The van der Waals surface area contributed by atoms with Gasteiger partial charge in [-0.3, -0.25) is 0 Å². The van der Waals surface area contributed by atoms with E-state index < -0.39 is 6.10 Å². The van der Waals surface area contributed by atoms with Crippen LogP contribution in [0.25, 0.3) is 0 Å². The lowest BCUT2D eigenvalue weighted by molar-refractivity contribution is -0.113. The molecule has 2 aliphatic rings. The summed E-state index contributed by atoms with van der Waals surface area (Å²) in [6.07, 6.45) is 2.63. The molecule has 2 heterocycles. The average Bonchev–Trinajstić information content (AvgIpc) is 3.25. The molecule has 0 aromatic heterocycles. The second-order valence-electron chi connectivity index (χ2n) is 11.1. The van der Waals surface area contributed by atoms with Gasteiger partial charge in [-0.25, -0.2) is 0 Å². The van der Waals surface area contributed by atoms with E-state index in [9.17, 15) is 10.2 Å². The summed E-state index contributed by atoms with van der Waals surface area (Å²) in [7, 11) is 0. The first-order valence-corrected chi connectivity index (χ1v) is 14.3. The minimum Gasteiger partial charge on any atom is -0.489 e. The summed E-state index contributed by atoms with van der Waals surface area (Å²) < 4.78 is 18.3. The molecule has 1 fully saturated rings. The summed E-state index contributed by atoms with van der Waals surface area (Å²) in [6.45, 7) is 8.78. The summed E-state index contributed by atoms with van der Waals surface area (Å²) in [6, 6.07) is 20.3. The van der Waals surface area contributed by atoms with E-state index in [2.05, 4.69) is 58.0 Å². The van der Waals surface area contributed by atoms with Gasteiger partial charge in [0.1, 0.15) is 23.7 Å². The molecule has 1 saturated heterocycles. The number of hydrogen-bond donors (Lipinski definition) is 2. The van der Waals surface area contributed by atoms with Crippen LogP contribution in [0.5, 0.6) is 11.5 Å². The summed E-state index contributed by atoms with van der Waals surface area (Å²) >= 11 is 6.52. The summed E-state index contributed by atoms with van der Waals surface area (Å²) in [5.41, 5.74) is 5.11. The maximum absolute atomic E-state index is 10.2. The first-order chi connectivity index (χ1) is 18.7. The van der Waals surface area contributed by atoms with Crippen molar-refractivity contribution in [3.63, 3.8) is 0 Å². The molecule has 0 aliphatic carbocycles. The highest BCUT2D eigenvalue weighted by Crippen LogP contribution is 2.36. The molecule has 0 amide bonds. The number of hydrogen-bond acceptors (Lipinski definition) is 5. The van der Waals surface area contributed by atoms with Crippen LogP contribution in [0.15, 0.2) is 60.7 Å². The maximum Gasteiger partial charge on any atom is 0.144 e. The van der Waals surface area contributed by atoms with Gasteiger partial charge in [0.05, 0.1) is 24.9 Å². The highest BCUT2D eigenvalue weighted by atomic mass is 35.5. The third-order valence-electron chi connectivity index (χ3n) is 7.03. The van der Waals surface area contributed by atoms with Crippen LogP contribution in [0.2, 0.25) is 5.02 Å². The molecule has 210 valence electrons. The van der Waals surface area contributed by atoms with E-state index in [0.717, 1.165) is 34.6 Å². The van der Waals surface area contributed by atoms with Gasteiger partial charge in [-0.15, -0.1) is 0 Å². The standard InChI is InChI=1S/C30H33ClO5.C3H8/c1-19-3-6-22-16-30(2,36-29(22)11-19)18-34-25-8-4-20(5-9-25)12-23-13-21(7-10-27(23)31)28-15-24(33)14-26(17-32)35-28;1-3-2/h3-11,13,24,26,28,32-33H,12,14-18H2,1-2H3;3H2,1-2H3. The summed E-state index contributed by atoms with van der Waals surface area (Å²) in [4.78, 5) is 0. The molecule has 4 atom stereocenters. The first kappa shape index (κ1) is 29.4. The van der Waals surface area contributed by atoms with Crippen LogP contribution in [0.3, 0.4) is 0 Å². The van der Waals surface area contributed by atoms with Crippen LogP contribution in [0.1, 0.15) is 74.0 Å². The highest BCUT2D eigenvalue weighted by molar-refractivity contribution is 6.31. The molecule has 0 radical (unpaired) electrons. The van der Waals surface area contributed by atoms with Crippen molar-refractivity contribution in [2.45, 2.75) is 83.7 Å². The number of ether oxygens (including phenoxy) is 3. The largest absolute Gasteiger partial charge is 0.489 e. The molecule has 5 rings (SSSR count). The van der Waals surface area contributed by atoms with E-state index in [1.54, 1.807) is 0 Å². The van der Waals surface area contributed by atoms with Crippen molar-refractivity contribution in [3.05, 3.63) is 93.5 Å². The third-order valence-corrected chi connectivity index (χ3v) is 7.40. The topological polar surface area (TPSA) is 68.2 Å². The molecule has 0 bridgehead atoms. The van der Waals surface area contributed by atoms with E-state index in [4.69, 9.17) is 25.8 Å². The van der Waals surface area contributed by atoms with E-state index >= 15 is 0 Å². The molecule has 3 aromatic carbocycles. The molecule has 39 heavy (non-hydrogen) atoms. The van der Waals surface area contributed by atoms with E-state index in [1.165, 1.54) is 17.5 Å². The molecule has 6 heteroatoms. The van der Waals surface area contributed by atoms with Crippen LogP contribution in [-0.2, 0) is 17.6 Å². The normalized spacial score (nSPS) is 23.8. The second kappa shape index (κ2) is 13.2. The number of benzene rings is 3. The molecule has 5 nitrogen and oxygen atoms in total. The van der Waals surface area contributed by atoms with Crippen LogP contribution in [-0.4, -0.2) is 41.2 Å². The van der Waals surface area contributed by atoms with E-state index in [0.29, 0.717) is 30.9 Å². The van der Waals surface area contributed by atoms with Gasteiger partial charge in [0.25, 0.3) is 0 Å². The maximum atomic E-state index is 10.2. The van der Waals surface area contributed by atoms with Gasteiger partial charge in [0.2, 0.25) is 0 Å². The quantitative estimate of drug-likeness (QED) is 0.330. The Hall–Kier alpha value is -2.57. The zero-order valence-electron chi connectivity index (χ0n) is 23.5. The predicted molar refractivity (Wildman–Crippen MR) is 156 cm³/mol. The summed E-state index contributed by atoms with van der Waals surface area (Å²) in [5.74, 6) is 1.76. The Kier molecular flexibility index (Phi) is 9.95. The minimum absolute atomic E-state index is 0.0969. The van der Waals surface area contributed by atoms with Gasteiger partial charge in [-0.1, -0.05) is 68.3 Å². The molecule has 2 aliphatic heterocycles. The number of rotatable bonds is 7. The smallest absolute Gasteiger partial charge is 0.144 e. The van der Waals surface area contributed by atoms with E-state index in [-0.39, 0.29) is 24.4 Å². The van der Waals surface area contributed by atoms with Crippen molar-refractivity contribution in [3.8, 4) is 11.5 Å². The van der Waals surface area contributed by atoms with Crippen LogP contribution >= 0.6 is 11.6 Å². The van der Waals surface area contributed by atoms with Gasteiger partial charge >= 0.3 is 0 Å². The average molecular weight is 553 g/mol. The van der Waals surface area contributed by atoms with Crippen molar-refractivity contribution in [2.24, 2.45) is 0 Å². The van der Waals surface area contributed by atoms with Crippen LogP contribution < -0.4 is 9.47 Å². The number of aliphatic hydroxyl groups is 2. The number of aliphatic hydroxyl groups excluding tert-OH is 2. The molecule has 4 unspecified atom stereocenters. The fourth-order valence-electron chi connectivity index (χ4n) is 5.10. The fraction of sp³-hybridized carbons (Fsp3) is 0.455. The van der Waals surface area contributed by atoms with Gasteiger partial charge < -0.3 is 24.4 Å². The highest BCUT2D eigenvalue weighted by Gasteiger charge is 2.35. The Morgan fingerprint density at radius 3 is 2.49 bits per heavy atom. The molecule has 3 aromatic rings. The Labute approximate surface area is 237 Å². The Balaban J connectivity index is 0.00000112. The lowest BCUT2D eigenvalue weighted by atomic mass is 9.94. The fourth-order valence-corrected chi connectivity index (χ4v) is 5.28. The second-order valence-corrected chi connectivity index (χ2v) is 11.5. The van der Waals surface area contributed by atoms with Crippen molar-refractivity contribution in [1.29, 1.82) is 0 Å². The van der Waals surface area contributed by atoms with Crippen molar-refractivity contribution < 1.29 is 24.4 Å². The molecule has 2 N–H and O–H groups in total. The zero-order valence-corrected chi connectivity index (χ0v) is 24.2. The van der Waals surface area contributed by atoms with Crippen LogP contribution in [0.4, 0.5) is 0 Å². The monoisotopic (exact) mass is 552 g/mol. The van der Waals surface area contributed by atoms with Gasteiger partial charge in [0, 0.05) is 24.3 Å². The molecule has 0 saturated carbocycles. The Morgan fingerprint density at radius 2 is 1.77 bits per heavy atom. The molecular weight excluding hydrogens is 512 g/mol. The number of halogens is 1. The third kappa shape index (κ3) is 7.76. The van der Waals surface area contributed by atoms with E-state index in [1.807, 2.05) is 30.3 Å². The Morgan fingerprint density at radius 1 is 1.03 bits per heavy atom. The van der Waals surface area contributed by atoms with Crippen molar-refractivity contribution >= 4 is 11.6 Å². The summed E-state index contributed by atoms with van der Waals surface area (Å²) in [5, 5.41) is 20.3. The zero-order chi connectivity index (χ0) is 28.0. The van der Waals surface area contributed by atoms with Crippen molar-refractivity contribution in [1.82, 2.24) is 0 Å². The lowest BCUT2D eigenvalue weighted by Crippen LogP contribution is -2.37. The number of aryl methyl sites for hydroxylation is 1. The molecule has 0 spiro atoms. The predicted octanol–water partition coefficient (Wildman–Crippen LogP) is 7.00. The minimum atomic E-state index is -0.484. The SMILES string of the molecule is CCC.Cc1ccc2c(c1)OC(C)(COc1ccc(Cc3cc(C4CC(O)CC(CO)O4)ccc3Cl)cc1)C2.